The summed E-state index contributed by atoms with van der Waals surface area (Å²) in [6.07, 6.45) is 0.569. The Kier molecular flexibility index (Phi) is 3.82. The van der Waals surface area contributed by atoms with E-state index >= 15 is 0 Å². The van der Waals surface area contributed by atoms with Crippen LogP contribution in [0.25, 0.3) is 0 Å². The predicted molar refractivity (Wildman–Crippen MR) is 77.5 cm³/mol. The molecule has 0 bridgehead atoms. The number of carbonyl (C=O) groups is 1. The minimum absolute atomic E-state index is 0.0480. The maximum atomic E-state index is 13.8. The number of nitrogens with two attached hydrogens (primary N) is 1. The summed E-state index contributed by atoms with van der Waals surface area (Å²) >= 11 is 0. The first-order valence-corrected chi connectivity index (χ1v) is 7.26. The van der Waals surface area contributed by atoms with Crippen LogP contribution < -0.4 is 10.6 Å². The van der Waals surface area contributed by atoms with Gasteiger partial charge in [-0.2, -0.15) is 0 Å². The molecule has 0 saturated carbocycles. The second-order valence-corrected chi connectivity index (χ2v) is 5.69. The molecule has 2 saturated heterocycles. The van der Waals surface area contributed by atoms with E-state index in [1.54, 1.807) is 17.0 Å². The van der Waals surface area contributed by atoms with Crippen molar-refractivity contribution in [1.82, 2.24) is 4.90 Å². The average molecular weight is 293 g/mol. The molecule has 0 aliphatic carbocycles. The summed E-state index contributed by atoms with van der Waals surface area (Å²) in [5.41, 5.74) is 5.83. The lowest BCUT2D eigenvalue weighted by Crippen LogP contribution is -2.60. The zero-order valence-electron chi connectivity index (χ0n) is 11.9. The fourth-order valence-electron chi connectivity index (χ4n) is 2.92. The maximum absolute atomic E-state index is 13.8. The predicted octanol–water partition coefficient (Wildman–Crippen LogP) is 0.592. The third-order valence-electron chi connectivity index (χ3n) is 4.24. The fraction of sp³-hybridized carbons (Fsp3) is 0.533. The van der Waals surface area contributed by atoms with Crippen LogP contribution in [0.1, 0.15) is 6.42 Å². The third kappa shape index (κ3) is 2.73. The first kappa shape index (κ1) is 14.3. The Hall–Kier alpha value is -1.66. The SMILES string of the molecule is NC1(C(=O)N2CCN(c3ccccc3F)CC2)CCOC1. The van der Waals surface area contributed by atoms with Crippen LogP contribution >= 0.6 is 0 Å². The van der Waals surface area contributed by atoms with E-state index in [-0.39, 0.29) is 11.7 Å². The molecule has 2 fully saturated rings. The Labute approximate surface area is 123 Å². The molecule has 0 aromatic heterocycles. The number of ether oxygens (including phenoxy) is 1. The number of amides is 1. The number of para-hydroxylation sites is 1. The van der Waals surface area contributed by atoms with Gasteiger partial charge in [0, 0.05) is 32.8 Å². The largest absolute Gasteiger partial charge is 0.379 e. The third-order valence-corrected chi connectivity index (χ3v) is 4.24. The number of hydrogen-bond donors (Lipinski definition) is 1. The summed E-state index contributed by atoms with van der Waals surface area (Å²) in [4.78, 5) is 16.2. The molecule has 0 radical (unpaired) electrons. The van der Waals surface area contributed by atoms with Crippen LogP contribution in [0, 0.1) is 5.82 Å². The lowest BCUT2D eigenvalue weighted by atomic mass is 9.98. The molecule has 21 heavy (non-hydrogen) atoms. The number of benzene rings is 1. The minimum Gasteiger partial charge on any atom is -0.379 e. The highest BCUT2D eigenvalue weighted by Gasteiger charge is 2.41. The molecular formula is C15H20FN3O2. The smallest absolute Gasteiger partial charge is 0.245 e. The molecule has 1 atom stereocenters. The highest BCUT2D eigenvalue weighted by atomic mass is 19.1. The number of nitrogens with zero attached hydrogens (tertiary/aromatic N) is 2. The van der Waals surface area contributed by atoms with Crippen molar-refractivity contribution in [1.29, 1.82) is 0 Å². The molecule has 0 spiro atoms. The van der Waals surface area contributed by atoms with Crippen molar-refractivity contribution >= 4 is 11.6 Å². The van der Waals surface area contributed by atoms with Gasteiger partial charge in [0.05, 0.1) is 12.3 Å². The topological polar surface area (TPSA) is 58.8 Å². The van der Waals surface area contributed by atoms with Crippen molar-refractivity contribution in [2.75, 3.05) is 44.3 Å². The Balaban J connectivity index is 1.63. The standard InChI is InChI=1S/C15H20FN3O2/c16-12-3-1-2-4-13(12)18-6-8-19(9-7-18)14(20)15(17)5-10-21-11-15/h1-4H,5-11,17H2. The molecule has 1 aromatic carbocycles. The molecule has 2 aliphatic heterocycles. The van der Waals surface area contributed by atoms with E-state index in [0.29, 0.717) is 51.5 Å². The average Bonchev–Trinajstić information content (AvgIpc) is 2.95. The van der Waals surface area contributed by atoms with Gasteiger partial charge >= 0.3 is 0 Å². The normalized spacial score (nSPS) is 26.2. The van der Waals surface area contributed by atoms with Crippen LogP contribution in [0.4, 0.5) is 10.1 Å². The van der Waals surface area contributed by atoms with Gasteiger partial charge in [0.15, 0.2) is 0 Å². The summed E-state index contributed by atoms with van der Waals surface area (Å²) in [7, 11) is 0. The van der Waals surface area contributed by atoms with Gasteiger partial charge in [0.2, 0.25) is 5.91 Å². The summed E-state index contributed by atoms with van der Waals surface area (Å²) in [6.45, 7) is 3.18. The van der Waals surface area contributed by atoms with E-state index in [1.165, 1.54) is 6.07 Å². The summed E-state index contributed by atoms with van der Waals surface area (Å²) in [5.74, 6) is -0.273. The lowest BCUT2D eigenvalue weighted by molar-refractivity contribution is -0.137. The summed E-state index contributed by atoms with van der Waals surface area (Å²) < 4.78 is 19.0. The molecule has 5 nitrogen and oxygen atoms in total. The van der Waals surface area contributed by atoms with E-state index in [1.807, 2.05) is 11.0 Å². The van der Waals surface area contributed by atoms with E-state index in [0.717, 1.165) is 0 Å². The Morgan fingerprint density at radius 1 is 1.24 bits per heavy atom. The summed E-state index contributed by atoms with van der Waals surface area (Å²) in [5, 5.41) is 0. The zero-order valence-corrected chi connectivity index (χ0v) is 11.9. The van der Waals surface area contributed by atoms with Gasteiger partial charge in [0.1, 0.15) is 11.4 Å². The molecule has 2 aliphatic rings. The van der Waals surface area contributed by atoms with Crippen LogP contribution in [0.2, 0.25) is 0 Å². The van der Waals surface area contributed by atoms with Crippen molar-refractivity contribution in [2.24, 2.45) is 5.73 Å². The highest BCUT2D eigenvalue weighted by Crippen LogP contribution is 2.23. The summed E-state index contributed by atoms with van der Waals surface area (Å²) in [6, 6.07) is 6.72. The van der Waals surface area contributed by atoms with Crippen molar-refractivity contribution in [3.63, 3.8) is 0 Å². The number of rotatable bonds is 2. The first-order chi connectivity index (χ1) is 10.1. The fourth-order valence-corrected chi connectivity index (χ4v) is 2.92. The molecule has 1 amide bonds. The van der Waals surface area contributed by atoms with E-state index in [9.17, 15) is 9.18 Å². The van der Waals surface area contributed by atoms with Gasteiger partial charge in [0.25, 0.3) is 0 Å². The second-order valence-electron chi connectivity index (χ2n) is 5.69. The van der Waals surface area contributed by atoms with Crippen LogP contribution in [-0.2, 0) is 9.53 Å². The van der Waals surface area contributed by atoms with Gasteiger partial charge in [-0.3, -0.25) is 4.79 Å². The molecule has 3 rings (SSSR count). The molecule has 6 heteroatoms. The Morgan fingerprint density at radius 3 is 2.57 bits per heavy atom. The van der Waals surface area contributed by atoms with Crippen LogP contribution in [-0.4, -0.2) is 55.7 Å². The van der Waals surface area contributed by atoms with Gasteiger partial charge in [-0.25, -0.2) is 4.39 Å². The van der Waals surface area contributed by atoms with E-state index in [2.05, 4.69) is 0 Å². The molecule has 2 heterocycles. The van der Waals surface area contributed by atoms with Crippen LogP contribution in [0.3, 0.4) is 0 Å². The van der Waals surface area contributed by atoms with Crippen LogP contribution in [0.15, 0.2) is 24.3 Å². The number of carbonyl (C=O) groups excluding carboxylic acids is 1. The quantitative estimate of drug-likeness (QED) is 0.867. The Bertz CT molecular complexity index is 523. The van der Waals surface area contributed by atoms with Crippen molar-refractivity contribution < 1.29 is 13.9 Å². The number of piperazine rings is 1. The van der Waals surface area contributed by atoms with Gasteiger partial charge in [-0.05, 0) is 18.6 Å². The van der Waals surface area contributed by atoms with Crippen LogP contribution in [0.5, 0.6) is 0 Å². The van der Waals surface area contributed by atoms with Crippen molar-refractivity contribution in [3.05, 3.63) is 30.1 Å². The van der Waals surface area contributed by atoms with E-state index in [4.69, 9.17) is 10.5 Å². The van der Waals surface area contributed by atoms with E-state index < -0.39 is 5.54 Å². The van der Waals surface area contributed by atoms with Gasteiger partial charge in [-0.15, -0.1) is 0 Å². The zero-order chi connectivity index (χ0) is 14.9. The molecular weight excluding hydrogens is 273 g/mol. The number of anilines is 1. The molecule has 114 valence electrons. The second kappa shape index (κ2) is 5.61. The highest BCUT2D eigenvalue weighted by molar-refractivity contribution is 5.87. The van der Waals surface area contributed by atoms with Gasteiger partial charge in [-0.1, -0.05) is 12.1 Å². The van der Waals surface area contributed by atoms with Crippen molar-refractivity contribution in [2.45, 2.75) is 12.0 Å². The monoisotopic (exact) mass is 293 g/mol. The minimum atomic E-state index is -0.875. The maximum Gasteiger partial charge on any atom is 0.245 e. The number of hydrogen-bond acceptors (Lipinski definition) is 4. The Morgan fingerprint density at radius 2 is 1.95 bits per heavy atom. The molecule has 1 unspecified atom stereocenters. The molecule has 2 N–H and O–H groups in total. The molecule has 1 aromatic rings. The lowest BCUT2D eigenvalue weighted by Gasteiger charge is -2.39. The van der Waals surface area contributed by atoms with Gasteiger partial charge < -0.3 is 20.3 Å². The number of halogens is 1. The first-order valence-electron chi connectivity index (χ1n) is 7.26. The van der Waals surface area contributed by atoms with Crippen molar-refractivity contribution in [3.8, 4) is 0 Å².